The van der Waals surface area contributed by atoms with Crippen LogP contribution in [0.3, 0.4) is 0 Å². The highest BCUT2D eigenvalue weighted by Crippen LogP contribution is 2.19. The van der Waals surface area contributed by atoms with Gasteiger partial charge in [0.15, 0.2) is 0 Å². The van der Waals surface area contributed by atoms with Gasteiger partial charge in [0.25, 0.3) is 0 Å². The summed E-state index contributed by atoms with van der Waals surface area (Å²) in [5.41, 5.74) is 0. The fraction of sp³-hybridized carbons (Fsp3) is 0.833. The first kappa shape index (κ1) is 13.8. The van der Waals surface area contributed by atoms with Gasteiger partial charge in [0, 0.05) is 19.1 Å². The molecule has 1 heterocycles. The molecule has 1 saturated heterocycles. The van der Waals surface area contributed by atoms with Crippen molar-refractivity contribution in [3.8, 4) is 0 Å². The Kier molecular flexibility index (Phi) is 5.25. The van der Waals surface area contributed by atoms with E-state index in [1.54, 1.807) is 11.8 Å². The second-order valence-electron chi connectivity index (χ2n) is 4.79. The molecule has 1 aliphatic heterocycles. The number of carbonyl (C=O) groups is 2. The summed E-state index contributed by atoms with van der Waals surface area (Å²) in [6, 6.07) is -0.447. The number of likely N-dealkylation sites (tertiary alicyclic amines) is 1. The molecule has 0 aliphatic carbocycles. The highest BCUT2D eigenvalue weighted by Gasteiger charge is 2.22. The van der Waals surface area contributed by atoms with Gasteiger partial charge in [-0.25, -0.2) is 4.79 Å². The number of carbonyl (C=O) groups excluding carboxylic acids is 1. The first-order valence-corrected chi connectivity index (χ1v) is 6.30. The third-order valence-corrected chi connectivity index (χ3v) is 3.33. The van der Waals surface area contributed by atoms with Crippen molar-refractivity contribution in [3.63, 3.8) is 0 Å². The number of carboxylic acids is 1. The molecule has 0 aromatic heterocycles. The summed E-state index contributed by atoms with van der Waals surface area (Å²) < 4.78 is 0. The predicted molar refractivity (Wildman–Crippen MR) is 64.8 cm³/mol. The van der Waals surface area contributed by atoms with E-state index >= 15 is 0 Å². The Morgan fingerprint density at radius 3 is 2.47 bits per heavy atom. The zero-order chi connectivity index (χ0) is 12.8. The second-order valence-corrected chi connectivity index (χ2v) is 4.79. The number of amides is 2. The first-order chi connectivity index (χ1) is 8.02. The molecule has 1 atom stereocenters. The summed E-state index contributed by atoms with van der Waals surface area (Å²) in [4.78, 5) is 24.1. The van der Waals surface area contributed by atoms with Gasteiger partial charge in [0.1, 0.15) is 0 Å². The van der Waals surface area contributed by atoms with E-state index < -0.39 is 5.97 Å². The highest BCUT2D eigenvalue weighted by atomic mass is 16.4. The van der Waals surface area contributed by atoms with Gasteiger partial charge in [0.2, 0.25) is 0 Å². The molecule has 0 bridgehead atoms. The molecule has 0 saturated carbocycles. The average molecular weight is 242 g/mol. The van der Waals surface area contributed by atoms with Crippen LogP contribution in [0.5, 0.6) is 0 Å². The Morgan fingerprint density at radius 1 is 1.41 bits per heavy atom. The summed E-state index contributed by atoms with van der Waals surface area (Å²) in [6.07, 6.45) is 3.25. The van der Waals surface area contributed by atoms with Gasteiger partial charge in [-0.3, -0.25) is 4.79 Å². The Morgan fingerprint density at radius 2 is 2.00 bits per heavy atom. The number of nitrogens with one attached hydrogen (secondary N) is 1. The van der Waals surface area contributed by atoms with E-state index in [2.05, 4.69) is 12.2 Å². The van der Waals surface area contributed by atoms with Crippen molar-refractivity contribution in [2.75, 3.05) is 13.1 Å². The van der Waals surface area contributed by atoms with E-state index in [1.165, 1.54) is 6.42 Å². The molecule has 0 aromatic carbocycles. The third-order valence-electron chi connectivity index (χ3n) is 3.33. The molecular formula is C12H22N2O3. The van der Waals surface area contributed by atoms with Crippen molar-refractivity contribution in [3.05, 3.63) is 0 Å². The topological polar surface area (TPSA) is 69.6 Å². The van der Waals surface area contributed by atoms with Crippen LogP contribution in [0.4, 0.5) is 4.79 Å². The normalized spacial score (nSPS) is 18.8. The number of urea groups is 1. The largest absolute Gasteiger partial charge is 0.481 e. The second kappa shape index (κ2) is 6.47. The molecule has 1 rings (SSSR count). The maximum absolute atomic E-state index is 11.8. The van der Waals surface area contributed by atoms with Gasteiger partial charge < -0.3 is 15.3 Å². The number of nitrogens with zero attached hydrogens (tertiary/aromatic N) is 1. The highest BCUT2D eigenvalue weighted by molar-refractivity contribution is 5.75. The molecule has 2 amide bonds. The first-order valence-electron chi connectivity index (χ1n) is 6.30. The minimum Gasteiger partial charge on any atom is -0.481 e. The van der Waals surface area contributed by atoms with Gasteiger partial charge in [0.05, 0.1) is 6.42 Å². The van der Waals surface area contributed by atoms with Crippen LogP contribution in [0, 0.1) is 5.92 Å². The van der Waals surface area contributed by atoms with Gasteiger partial charge >= 0.3 is 12.0 Å². The minimum atomic E-state index is -0.887. The van der Waals surface area contributed by atoms with Crippen molar-refractivity contribution in [1.82, 2.24) is 10.2 Å². The lowest BCUT2D eigenvalue weighted by molar-refractivity contribution is -0.137. The Labute approximate surface area is 102 Å². The lowest BCUT2D eigenvalue weighted by Gasteiger charge is -2.32. The summed E-state index contributed by atoms with van der Waals surface area (Å²) in [5, 5.41) is 11.3. The van der Waals surface area contributed by atoms with E-state index in [9.17, 15) is 9.59 Å². The van der Waals surface area contributed by atoms with Crippen LogP contribution in [0.15, 0.2) is 0 Å². The third kappa shape index (κ3) is 4.63. The van der Waals surface area contributed by atoms with Crippen molar-refractivity contribution < 1.29 is 14.7 Å². The van der Waals surface area contributed by atoms with Crippen LogP contribution in [0.25, 0.3) is 0 Å². The van der Waals surface area contributed by atoms with Crippen LogP contribution in [-0.2, 0) is 4.79 Å². The molecule has 17 heavy (non-hydrogen) atoms. The molecule has 0 aromatic rings. The van der Waals surface area contributed by atoms with E-state index in [0.717, 1.165) is 31.8 Å². The molecular weight excluding hydrogens is 220 g/mol. The molecule has 98 valence electrons. The zero-order valence-corrected chi connectivity index (χ0v) is 10.6. The predicted octanol–water partition coefficient (Wildman–Crippen LogP) is 1.68. The molecule has 1 unspecified atom stereocenters. The lowest BCUT2D eigenvalue weighted by atomic mass is 9.95. The summed E-state index contributed by atoms with van der Waals surface area (Å²) in [6.45, 7) is 5.45. The molecule has 1 aliphatic rings. The van der Waals surface area contributed by atoms with Crippen molar-refractivity contribution >= 4 is 12.0 Å². The van der Waals surface area contributed by atoms with Crippen molar-refractivity contribution in [1.29, 1.82) is 0 Å². The molecule has 5 heteroatoms. The molecule has 0 spiro atoms. The zero-order valence-electron chi connectivity index (χ0n) is 10.6. The van der Waals surface area contributed by atoms with Crippen molar-refractivity contribution in [2.45, 2.75) is 45.6 Å². The quantitative estimate of drug-likeness (QED) is 0.788. The van der Waals surface area contributed by atoms with Crippen LogP contribution >= 0.6 is 0 Å². The Hall–Kier alpha value is -1.26. The van der Waals surface area contributed by atoms with E-state index in [4.69, 9.17) is 5.11 Å². The van der Waals surface area contributed by atoms with Crippen LogP contribution in [0.1, 0.15) is 39.5 Å². The summed E-state index contributed by atoms with van der Waals surface area (Å²) in [7, 11) is 0. The van der Waals surface area contributed by atoms with Crippen molar-refractivity contribution in [2.24, 2.45) is 5.92 Å². The number of rotatable bonds is 4. The maximum Gasteiger partial charge on any atom is 0.317 e. The van der Waals surface area contributed by atoms with Crippen LogP contribution in [-0.4, -0.2) is 41.1 Å². The fourth-order valence-electron chi connectivity index (χ4n) is 2.16. The number of hydrogen-bond acceptors (Lipinski definition) is 2. The van der Waals surface area contributed by atoms with Gasteiger partial charge in [-0.05, 0) is 25.7 Å². The number of carboxylic acid groups (broad SMARTS) is 1. The molecule has 0 radical (unpaired) electrons. The van der Waals surface area contributed by atoms with Gasteiger partial charge in [-0.1, -0.05) is 13.3 Å². The summed E-state index contributed by atoms with van der Waals surface area (Å²) in [5.74, 6) is -0.155. The number of piperidine rings is 1. The van der Waals surface area contributed by atoms with Gasteiger partial charge in [-0.15, -0.1) is 0 Å². The van der Waals surface area contributed by atoms with E-state index in [1.807, 2.05) is 0 Å². The number of aliphatic carboxylic acids is 1. The fourth-order valence-corrected chi connectivity index (χ4v) is 2.16. The van der Waals surface area contributed by atoms with Crippen LogP contribution in [0.2, 0.25) is 0 Å². The Bertz CT molecular complexity index is 273. The SMILES string of the molecule is CCC1CCN(C(=O)NC(C)CC(=O)O)CC1. The Balaban J connectivity index is 2.31. The molecule has 2 N–H and O–H groups in total. The average Bonchev–Trinajstić information content (AvgIpc) is 2.28. The minimum absolute atomic E-state index is 0.0306. The summed E-state index contributed by atoms with van der Waals surface area (Å²) >= 11 is 0. The van der Waals surface area contributed by atoms with E-state index in [0.29, 0.717) is 0 Å². The number of hydrogen-bond donors (Lipinski definition) is 2. The molecule has 1 fully saturated rings. The van der Waals surface area contributed by atoms with Gasteiger partial charge in [-0.2, -0.15) is 0 Å². The monoisotopic (exact) mass is 242 g/mol. The standard InChI is InChI=1S/C12H22N2O3/c1-3-10-4-6-14(7-5-10)12(17)13-9(2)8-11(15)16/h9-10H,3-8H2,1-2H3,(H,13,17)(H,15,16). The van der Waals surface area contributed by atoms with Crippen LogP contribution < -0.4 is 5.32 Å². The lowest BCUT2D eigenvalue weighted by Crippen LogP contribution is -2.47. The maximum atomic E-state index is 11.8. The molecule has 5 nitrogen and oxygen atoms in total. The van der Waals surface area contributed by atoms with E-state index in [-0.39, 0.29) is 18.5 Å². The smallest absolute Gasteiger partial charge is 0.317 e.